The molecule has 7 heteroatoms. The standard InChI is InChI=1S/C15H24N4O2S/c1-11(12(10-16)13(17)22)18-6-5-7-19(9-8-18)14(20)21-15(2,3)4/h5-9H2,1-4H3,(H2,17,22)/b12-11+. The van der Waals surface area contributed by atoms with Crippen molar-refractivity contribution in [2.24, 2.45) is 5.73 Å². The van der Waals surface area contributed by atoms with Gasteiger partial charge >= 0.3 is 6.09 Å². The molecule has 1 amide bonds. The van der Waals surface area contributed by atoms with E-state index < -0.39 is 5.60 Å². The Labute approximate surface area is 137 Å². The van der Waals surface area contributed by atoms with Crippen LogP contribution < -0.4 is 5.73 Å². The van der Waals surface area contributed by atoms with Crippen LogP contribution in [0, 0.1) is 11.3 Å². The molecular weight excluding hydrogens is 300 g/mol. The first-order valence-corrected chi connectivity index (χ1v) is 7.70. The first-order valence-electron chi connectivity index (χ1n) is 7.29. The van der Waals surface area contributed by atoms with Crippen LogP contribution in [0.5, 0.6) is 0 Å². The molecule has 1 saturated heterocycles. The molecule has 0 aliphatic carbocycles. The lowest BCUT2D eigenvalue weighted by atomic mass is 10.2. The van der Waals surface area contributed by atoms with Crippen molar-refractivity contribution in [3.05, 3.63) is 11.3 Å². The van der Waals surface area contributed by atoms with Gasteiger partial charge in [-0.2, -0.15) is 5.26 Å². The molecule has 22 heavy (non-hydrogen) atoms. The lowest BCUT2D eigenvalue weighted by Gasteiger charge is -2.27. The first kappa shape index (κ1) is 18.2. The number of nitrogens with zero attached hydrogens (tertiary/aromatic N) is 3. The van der Waals surface area contributed by atoms with Crippen LogP contribution in [0.3, 0.4) is 0 Å². The molecule has 1 fully saturated rings. The van der Waals surface area contributed by atoms with Gasteiger partial charge in [-0.05, 0) is 34.1 Å². The van der Waals surface area contributed by atoms with Crippen LogP contribution in [0.2, 0.25) is 0 Å². The van der Waals surface area contributed by atoms with Crippen LogP contribution >= 0.6 is 12.2 Å². The van der Waals surface area contributed by atoms with Gasteiger partial charge in [0.15, 0.2) is 0 Å². The maximum Gasteiger partial charge on any atom is 0.410 e. The molecule has 1 aliphatic heterocycles. The van der Waals surface area contributed by atoms with Crippen LogP contribution in [0.15, 0.2) is 11.3 Å². The number of nitriles is 1. The summed E-state index contributed by atoms with van der Waals surface area (Å²) in [6.45, 7) is 9.94. The molecule has 1 aliphatic rings. The molecule has 0 unspecified atom stereocenters. The van der Waals surface area contributed by atoms with Gasteiger partial charge < -0.3 is 20.3 Å². The Balaban J connectivity index is 2.77. The summed E-state index contributed by atoms with van der Waals surface area (Å²) in [5.41, 5.74) is 6.18. The normalized spacial score (nSPS) is 17.2. The number of carbonyl (C=O) groups is 1. The number of hydrogen-bond donors (Lipinski definition) is 1. The van der Waals surface area contributed by atoms with Crippen molar-refractivity contribution in [3.8, 4) is 6.07 Å². The van der Waals surface area contributed by atoms with Gasteiger partial charge in [0.25, 0.3) is 0 Å². The fraction of sp³-hybridized carbons (Fsp3) is 0.667. The van der Waals surface area contributed by atoms with Gasteiger partial charge in [0.2, 0.25) is 0 Å². The van der Waals surface area contributed by atoms with Gasteiger partial charge in [-0.15, -0.1) is 0 Å². The third-order valence-corrected chi connectivity index (χ3v) is 3.55. The van der Waals surface area contributed by atoms with Gasteiger partial charge in [-0.25, -0.2) is 4.79 Å². The molecule has 122 valence electrons. The van der Waals surface area contributed by atoms with Crippen molar-refractivity contribution in [3.63, 3.8) is 0 Å². The van der Waals surface area contributed by atoms with E-state index >= 15 is 0 Å². The third-order valence-electron chi connectivity index (χ3n) is 3.34. The van der Waals surface area contributed by atoms with E-state index in [2.05, 4.69) is 6.07 Å². The molecule has 0 radical (unpaired) electrons. The highest BCUT2D eigenvalue weighted by Gasteiger charge is 2.25. The smallest absolute Gasteiger partial charge is 0.410 e. The minimum atomic E-state index is -0.501. The minimum Gasteiger partial charge on any atom is -0.444 e. The second-order valence-corrected chi connectivity index (χ2v) is 6.68. The number of allylic oxidation sites excluding steroid dienone is 1. The molecule has 1 heterocycles. The van der Waals surface area contributed by atoms with Crippen LogP contribution in [0.4, 0.5) is 4.79 Å². The van der Waals surface area contributed by atoms with Crippen LogP contribution in [0.25, 0.3) is 0 Å². The maximum atomic E-state index is 12.1. The summed E-state index contributed by atoms with van der Waals surface area (Å²) >= 11 is 4.91. The van der Waals surface area contributed by atoms with Crippen LogP contribution in [0.1, 0.15) is 34.1 Å². The zero-order valence-corrected chi connectivity index (χ0v) is 14.5. The van der Waals surface area contributed by atoms with E-state index in [0.717, 1.165) is 18.7 Å². The van der Waals surface area contributed by atoms with E-state index in [-0.39, 0.29) is 11.1 Å². The highest BCUT2D eigenvalue weighted by atomic mass is 32.1. The topological polar surface area (TPSA) is 82.6 Å². The number of thiocarbonyl (C=S) groups is 1. The second kappa shape index (κ2) is 7.45. The lowest BCUT2D eigenvalue weighted by molar-refractivity contribution is 0.0259. The van der Waals surface area contributed by atoms with Crippen molar-refractivity contribution in [1.29, 1.82) is 5.26 Å². The summed E-state index contributed by atoms with van der Waals surface area (Å²) in [7, 11) is 0. The SMILES string of the molecule is C/C(=C(/C#N)C(N)=S)N1CCCN(C(=O)OC(C)(C)C)CC1. The van der Waals surface area contributed by atoms with Crippen molar-refractivity contribution < 1.29 is 9.53 Å². The molecule has 0 aromatic rings. The van der Waals surface area contributed by atoms with Gasteiger partial charge in [-0.1, -0.05) is 12.2 Å². The monoisotopic (exact) mass is 324 g/mol. The Morgan fingerprint density at radius 1 is 1.23 bits per heavy atom. The maximum absolute atomic E-state index is 12.1. The number of amides is 1. The number of carbonyl (C=O) groups excluding carboxylic acids is 1. The number of nitrogens with two attached hydrogens (primary N) is 1. The van der Waals surface area contributed by atoms with E-state index in [9.17, 15) is 4.79 Å². The minimum absolute atomic E-state index is 0.105. The molecule has 0 spiro atoms. The average molecular weight is 324 g/mol. The van der Waals surface area contributed by atoms with Crippen molar-refractivity contribution in [2.75, 3.05) is 26.2 Å². The Morgan fingerprint density at radius 3 is 2.27 bits per heavy atom. The number of ether oxygens (including phenoxy) is 1. The molecular formula is C15H24N4O2S. The molecule has 2 N–H and O–H groups in total. The molecule has 0 bridgehead atoms. The van der Waals surface area contributed by atoms with Crippen LogP contribution in [-0.2, 0) is 4.74 Å². The summed E-state index contributed by atoms with van der Waals surface area (Å²) in [6, 6.07) is 2.05. The van der Waals surface area contributed by atoms with E-state index in [1.807, 2.05) is 32.6 Å². The van der Waals surface area contributed by atoms with E-state index in [1.165, 1.54) is 0 Å². The predicted molar refractivity (Wildman–Crippen MR) is 89.1 cm³/mol. The Bertz CT molecular complexity index is 517. The number of hydrogen-bond acceptors (Lipinski definition) is 5. The fourth-order valence-electron chi connectivity index (χ4n) is 2.23. The Hall–Kier alpha value is -1.81. The second-order valence-electron chi connectivity index (χ2n) is 6.24. The van der Waals surface area contributed by atoms with Gasteiger partial charge in [0, 0.05) is 31.9 Å². The molecule has 1 rings (SSSR count). The molecule has 0 saturated carbocycles. The van der Waals surface area contributed by atoms with Crippen molar-refractivity contribution in [2.45, 2.75) is 39.7 Å². The average Bonchev–Trinajstić information content (AvgIpc) is 2.62. The predicted octanol–water partition coefficient (Wildman–Crippen LogP) is 2.01. The highest BCUT2D eigenvalue weighted by Crippen LogP contribution is 2.16. The van der Waals surface area contributed by atoms with Gasteiger partial charge in [0.1, 0.15) is 22.2 Å². The summed E-state index contributed by atoms with van der Waals surface area (Å²) in [4.78, 5) is 16.0. The molecule has 0 atom stereocenters. The molecule has 0 aromatic heterocycles. The van der Waals surface area contributed by atoms with Gasteiger partial charge in [0.05, 0.1) is 0 Å². The van der Waals surface area contributed by atoms with Crippen LogP contribution in [-0.4, -0.2) is 52.7 Å². The zero-order valence-electron chi connectivity index (χ0n) is 13.7. The Kier molecular flexibility index (Phi) is 6.18. The first-order chi connectivity index (χ1) is 10.2. The Morgan fingerprint density at radius 2 is 1.77 bits per heavy atom. The summed E-state index contributed by atoms with van der Waals surface area (Å²) in [5, 5.41) is 9.15. The molecule has 0 aromatic carbocycles. The largest absolute Gasteiger partial charge is 0.444 e. The summed E-state index contributed by atoms with van der Waals surface area (Å²) in [5.74, 6) is 0. The highest BCUT2D eigenvalue weighted by molar-refractivity contribution is 7.80. The van der Waals surface area contributed by atoms with E-state index in [0.29, 0.717) is 25.2 Å². The van der Waals surface area contributed by atoms with Crippen molar-refractivity contribution in [1.82, 2.24) is 9.80 Å². The van der Waals surface area contributed by atoms with E-state index in [4.69, 9.17) is 28.0 Å². The van der Waals surface area contributed by atoms with Crippen molar-refractivity contribution >= 4 is 23.3 Å². The quantitative estimate of drug-likeness (QED) is 0.475. The molecule has 6 nitrogen and oxygen atoms in total. The lowest BCUT2D eigenvalue weighted by Crippen LogP contribution is -2.39. The summed E-state index contributed by atoms with van der Waals surface area (Å²) < 4.78 is 5.40. The van der Waals surface area contributed by atoms with Gasteiger partial charge in [-0.3, -0.25) is 0 Å². The van der Waals surface area contributed by atoms with E-state index in [1.54, 1.807) is 4.90 Å². The fourth-order valence-corrected chi connectivity index (χ4v) is 2.43. The third kappa shape index (κ3) is 5.19. The summed E-state index contributed by atoms with van der Waals surface area (Å²) in [6.07, 6.45) is 0.498. The zero-order chi connectivity index (χ0) is 16.9. The number of rotatable bonds is 2.